The number of hydrogen-bond donors (Lipinski definition) is 3. The maximum Gasteiger partial charge on any atom is 0.411 e. The fourth-order valence-electron chi connectivity index (χ4n) is 6.54. The number of methoxy groups -OCH3 is 1. The number of morpholine rings is 1. The molecule has 6 rings (SSSR count). The Bertz CT molecular complexity index is 1900. The number of aromatic amines is 1. The predicted octanol–water partition coefficient (Wildman–Crippen LogP) is 7.37. The van der Waals surface area contributed by atoms with Gasteiger partial charge in [-0.2, -0.15) is 0 Å². The van der Waals surface area contributed by atoms with Gasteiger partial charge >= 0.3 is 12.2 Å². The number of anilines is 1. The molecule has 270 valence electrons. The number of fused-ring (bicyclic) bond motifs is 1. The van der Waals surface area contributed by atoms with Crippen LogP contribution in [0, 0.1) is 0 Å². The highest BCUT2D eigenvalue weighted by molar-refractivity contribution is 5.98. The largest absolute Gasteiger partial charge is 0.453 e. The van der Waals surface area contributed by atoms with Crippen LogP contribution in [0.5, 0.6) is 0 Å². The molecule has 0 aliphatic carbocycles. The van der Waals surface area contributed by atoms with Crippen molar-refractivity contribution in [1.29, 1.82) is 0 Å². The van der Waals surface area contributed by atoms with Crippen LogP contribution in [0.2, 0.25) is 0 Å². The minimum Gasteiger partial charge on any atom is -0.453 e. The molecule has 1 aromatic heterocycles. The van der Waals surface area contributed by atoms with Crippen LogP contribution in [0.3, 0.4) is 0 Å². The Morgan fingerprint density at radius 2 is 1.54 bits per heavy atom. The van der Waals surface area contributed by atoms with Crippen molar-refractivity contribution in [2.45, 2.75) is 63.3 Å². The molecule has 3 amide bonds. The monoisotopic (exact) mass is 703 g/mol. The van der Waals surface area contributed by atoms with E-state index in [1.54, 1.807) is 4.90 Å². The lowest BCUT2D eigenvalue weighted by atomic mass is 9.84. The standard InChI is InChI=1S/C41H45N5O6/c1-41(2,3)52-40(49)46-25-30(51-26-34(46)37-42-32-21-13-14-22-33(32)43-37)24-23-27-15-11-12-20-31(27)44-38(47)36(45-39(48)50-4)35(28-16-7-5-8-17-28)29-18-9-6-10-19-29/h5-22,30,34-36H,23-26H2,1-4H3,(H,42,43)(H,44,47)(H,45,48)/t30-,34+,36?/m1/s1. The van der Waals surface area contributed by atoms with E-state index in [4.69, 9.17) is 19.2 Å². The highest BCUT2D eigenvalue weighted by Gasteiger charge is 2.38. The Morgan fingerprint density at radius 1 is 0.904 bits per heavy atom. The van der Waals surface area contributed by atoms with Crippen LogP contribution in [-0.2, 0) is 25.4 Å². The van der Waals surface area contributed by atoms with Crippen molar-refractivity contribution in [3.05, 3.63) is 132 Å². The molecule has 4 aromatic carbocycles. The SMILES string of the molecule is COC(=O)NC(C(=O)Nc1ccccc1CC[C@@H]1CN(C(=O)OC(C)(C)C)[C@H](c2nc3ccccc3[nH]2)CO1)C(c1ccccc1)c1ccccc1. The second-order valence-corrected chi connectivity index (χ2v) is 13.8. The average Bonchev–Trinajstić information content (AvgIpc) is 3.58. The number of aryl methyl sites for hydroxylation is 1. The lowest BCUT2D eigenvalue weighted by molar-refractivity contribution is -0.118. The number of amides is 3. The van der Waals surface area contributed by atoms with E-state index in [9.17, 15) is 14.4 Å². The summed E-state index contributed by atoms with van der Waals surface area (Å²) in [6.45, 7) is 6.07. The number of aromatic nitrogens is 2. The zero-order valence-corrected chi connectivity index (χ0v) is 29.9. The van der Waals surface area contributed by atoms with E-state index < -0.39 is 41.7 Å². The summed E-state index contributed by atoms with van der Waals surface area (Å²) in [7, 11) is 1.27. The number of nitrogens with zero attached hydrogens (tertiary/aromatic N) is 2. The Hall–Kier alpha value is -5.68. The van der Waals surface area contributed by atoms with Crippen molar-refractivity contribution < 1.29 is 28.6 Å². The number of alkyl carbamates (subject to hydrolysis) is 1. The van der Waals surface area contributed by atoms with E-state index >= 15 is 0 Å². The summed E-state index contributed by atoms with van der Waals surface area (Å²) in [4.78, 5) is 50.2. The van der Waals surface area contributed by atoms with Crippen molar-refractivity contribution in [2.75, 3.05) is 25.6 Å². The van der Waals surface area contributed by atoms with Gasteiger partial charge in [-0.1, -0.05) is 91.0 Å². The van der Waals surface area contributed by atoms with Gasteiger partial charge in [-0.3, -0.25) is 9.69 Å². The quantitative estimate of drug-likeness (QED) is 0.138. The number of carbonyl (C=O) groups excluding carboxylic acids is 3. The number of para-hydroxylation sites is 3. The molecule has 1 aliphatic heterocycles. The molecule has 0 spiro atoms. The molecule has 2 heterocycles. The molecule has 0 bridgehead atoms. The number of imidazole rings is 1. The van der Waals surface area contributed by atoms with E-state index in [0.29, 0.717) is 30.9 Å². The minimum absolute atomic E-state index is 0.239. The van der Waals surface area contributed by atoms with Crippen molar-refractivity contribution >= 4 is 34.8 Å². The highest BCUT2D eigenvalue weighted by Crippen LogP contribution is 2.32. The maximum atomic E-state index is 14.2. The van der Waals surface area contributed by atoms with Crippen LogP contribution in [-0.4, -0.2) is 71.0 Å². The summed E-state index contributed by atoms with van der Waals surface area (Å²) in [6.07, 6.45) is -0.329. The molecule has 1 fully saturated rings. The Kier molecular flexibility index (Phi) is 11.2. The molecule has 1 aliphatic rings. The zero-order valence-electron chi connectivity index (χ0n) is 29.9. The molecule has 0 radical (unpaired) electrons. The van der Waals surface area contributed by atoms with Gasteiger partial charge in [0.05, 0.1) is 37.4 Å². The van der Waals surface area contributed by atoms with Crippen LogP contribution in [0.1, 0.15) is 61.7 Å². The molecule has 5 aromatic rings. The number of ether oxygens (including phenoxy) is 3. The fourth-order valence-corrected chi connectivity index (χ4v) is 6.54. The van der Waals surface area contributed by atoms with Gasteiger partial charge in [0.15, 0.2) is 0 Å². The number of nitrogens with one attached hydrogen (secondary N) is 3. The third kappa shape index (κ3) is 8.78. The third-order valence-electron chi connectivity index (χ3n) is 9.02. The first-order chi connectivity index (χ1) is 25.1. The van der Waals surface area contributed by atoms with E-state index in [1.807, 2.05) is 130 Å². The van der Waals surface area contributed by atoms with Crippen LogP contribution in [0.25, 0.3) is 11.0 Å². The van der Waals surface area contributed by atoms with Gasteiger partial charge in [-0.05, 0) is 68.5 Å². The fraction of sp³-hybridized carbons (Fsp3) is 0.317. The zero-order chi connectivity index (χ0) is 36.7. The van der Waals surface area contributed by atoms with E-state index in [2.05, 4.69) is 15.6 Å². The number of carbonyl (C=O) groups is 3. The second kappa shape index (κ2) is 16.1. The molecule has 1 saturated heterocycles. The predicted molar refractivity (Wildman–Crippen MR) is 199 cm³/mol. The molecular formula is C41H45N5O6. The van der Waals surface area contributed by atoms with Gasteiger partial charge in [0.2, 0.25) is 5.91 Å². The van der Waals surface area contributed by atoms with Crippen molar-refractivity contribution in [1.82, 2.24) is 20.2 Å². The summed E-state index contributed by atoms with van der Waals surface area (Å²) < 4.78 is 17.1. The topological polar surface area (TPSA) is 135 Å². The van der Waals surface area contributed by atoms with Crippen LogP contribution in [0.4, 0.5) is 15.3 Å². The molecular weight excluding hydrogens is 658 g/mol. The Labute approximate surface area is 303 Å². The van der Waals surface area contributed by atoms with Crippen LogP contribution in [0.15, 0.2) is 109 Å². The Balaban J connectivity index is 1.20. The lowest BCUT2D eigenvalue weighted by Crippen LogP contribution is -2.49. The lowest BCUT2D eigenvalue weighted by Gasteiger charge is -2.39. The van der Waals surface area contributed by atoms with Gasteiger partial charge in [0.25, 0.3) is 0 Å². The van der Waals surface area contributed by atoms with Gasteiger partial charge in [0, 0.05) is 11.6 Å². The molecule has 3 N–H and O–H groups in total. The van der Waals surface area contributed by atoms with Crippen LogP contribution >= 0.6 is 0 Å². The molecule has 52 heavy (non-hydrogen) atoms. The minimum atomic E-state index is -0.996. The maximum absolute atomic E-state index is 14.2. The Morgan fingerprint density at radius 3 is 2.19 bits per heavy atom. The van der Waals surface area contributed by atoms with E-state index in [1.165, 1.54) is 7.11 Å². The summed E-state index contributed by atoms with van der Waals surface area (Å²) >= 11 is 0. The third-order valence-corrected chi connectivity index (χ3v) is 9.02. The summed E-state index contributed by atoms with van der Waals surface area (Å²) in [5, 5.41) is 5.89. The normalized spacial score (nSPS) is 16.7. The number of benzene rings is 4. The summed E-state index contributed by atoms with van der Waals surface area (Å²) in [5.41, 5.74) is 4.24. The number of H-pyrrole nitrogens is 1. The van der Waals surface area contributed by atoms with Crippen molar-refractivity contribution in [3.63, 3.8) is 0 Å². The molecule has 11 nitrogen and oxygen atoms in total. The average molecular weight is 704 g/mol. The molecule has 3 atom stereocenters. The first-order valence-corrected chi connectivity index (χ1v) is 17.5. The van der Waals surface area contributed by atoms with Crippen molar-refractivity contribution in [3.8, 4) is 0 Å². The van der Waals surface area contributed by atoms with E-state index in [-0.39, 0.29) is 12.7 Å². The first kappa shape index (κ1) is 36.1. The van der Waals surface area contributed by atoms with Gasteiger partial charge in [-0.25, -0.2) is 14.6 Å². The van der Waals surface area contributed by atoms with E-state index in [0.717, 1.165) is 27.7 Å². The van der Waals surface area contributed by atoms with Crippen LogP contribution < -0.4 is 10.6 Å². The molecule has 11 heteroatoms. The smallest absolute Gasteiger partial charge is 0.411 e. The second-order valence-electron chi connectivity index (χ2n) is 13.8. The van der Waals surface area contributed by atoms with Gasteiger partial charge in [-0.15, -0.1) is 0 Å². The van der Waals surface area contributed by atoms with Crippen molar-refractivity contribution in [2.24, 2.45) is 0 Å². The summed E-state index contributed by atoms with van der Waals surface area (Å²) in [6, 6.07) is 33.0. The molecule has 0 saturated carbocycles. The summed E-state index contributed by atoms with van der Waals surface area (Å²) in [5.74, 6) is -0.255. The number of rotatable bonds is 10. The molecule has 1 unspecified atom stereocenters. The van der Waals surface area contributed by atoms with Gasteiger partial charge < -0.3 is 29.8 Å². The van der Waals surface area contributed by atoms with Gasteiger partial charge in [0.1, 0.15) is 23.5 Å². The first-order valence-electron chi connectivity index (χ1n) is 17.5. The number of hydrogen-bond acceptors (Lipinski definition) is 7. The highest BCUT2D eigenvalue weighted by atomic mass is 16.6.